The fraction of sp³-hybridized carbons (Fsp3) is 0.583. The number of anilines is 2. The minimum atomic E-state index is 0.241. The van der Waals surface area contributed by atoms with Gasteiger partial charge >= 0.3 is 0 Å². The molecule has 0 aliphatic heterocycles. The molecule has 0 saturated carbocycles. The first kappa shape index (κ1) is 15.3. The largest absolute Gasteiger partial charge is 0.396 e. The Morgan fingerprint density at radius 1 is 1.11 bits per heavy atom. The molecule has 6 heteroatoms. The predicted octanol–water partition coefficient (Wildman–Crippen LogP) is 3.39. The number of aromatic nitrogens is 1. The number of unbranched alkanes of at least 4 members (excludes halogenated alkanes) is 2. The van der Waals surface area contributed by atoms with E-state index in [2.05, 4.69) is 15.6 Å². The van der Waals surface area contributed by atoms with Gasteiger partial charge in [0.15, 0.2) is 0 Å². The molecule has 0 fully saturated rings. The first-order chi connectivity index (χ1) is 8.69. The maximum Gasteiger partial charge on any atom is 0.147 e. The van der Waals surface area contributed by atoms with Crippen LogP contribution in [-0.4, -0.2) is 29.8 Å². The third-order valence-corrected chi connectivity index (χ3v) is 2.98. The molecule has 0 aliphatic rings. The zero-order valence-electron chi connectivity index (χ0n) is 10.5. The fourth-order valence-electron chi connectivity index (χ4n) is 1.50. The lowest BCUT2D eigenvalue weighted by molar-refractivity contribution is 0.283. The predicted molar refractivity (Wildman–Crippen MR) is 77.8 cm³/mol. The molecule has 0 unspecified atom stereocenters. The van der Waals surface area contributed by atoms with Crippen LogP contribution in [0.2, 0.25) is 10.0 Å². The summed E-state index contributed by atoms with van der Waals surface area (Å²) in [6, 6.07) is 1.68. The maximum atomic E-state index is 8.68. The van der Waals surface area contributed by atoms with E-state index in [4.69, 9.17) is 28.3 Å². The molecule has 1 rings (SSSR count). The second kappa shape index (κ2) is 8.40. The van der Waals surface area contributed by atoms with Crippen LogP contribution in [0.5, 0.6) is 0 Å². The summed E-state index contributed by atoms with van der Waals surface area (Å²) < 4.78 is 0. The number of pyridine rings is 1. The van der Waals surface area contributed by atoms with E-state index in [-0.39, 0.29) is 6.61 Å². The molecule has 4 nitrogen and oxygen atoms in total. The number of hydrogen-bond acceptors (Lipinski definition) is 4. The van der Waals surface area contributed by atoms with Gasteiger partial charge in [0.05, 0.1) is 10.0 Å². The Morgan fingerprint density at radius 2 is 1.78 bits per heavy atom. The van der Waals surface area contributed by atoms with Crippen molar-refractivity contribution in [1.82, 2.24) is 4.98 Å². The van der Waals surface area contributed by atoms with Crippen LogP contribution in [0.25, 0.3) is 0 Å². The lowest BCUT2D eigenvalue weighted by atomic mass is 10.2. The quantitative estimate of drug-likeness (QED) is 0.643. The molecule has 18 heavy (non-hydrogen) atoms. The van der Waals surface area contributed by atoms with Gasteiger partial charge in [0.2, 0.25) is 0 Å². The molecular formula is C12H19Cl2N3O. The van der Waals surface area contributed by atoms with Crippen molar-refractivity contribution in [3.8, 4) is 0 Å². The first-order valence-corrected chi connectivity index (χ1v) is 6.89. The highest BCUT2D eigenvalue weighted by molar-refractivity contribution is 6.37. The Hall–Kier alpha value is -0.710. The second-order valence-electron chi connectivity index (χ2n) is 3.89. The van der Waals surface area contributed by atoms with Gasteiger partial charge in [-0.05, 0) is 32.3 Å². The summed E-state index contributed by atoms with van der Waals surface area (Å²) in [5.41, 5.74) is 0. The van der Waals surface area contributed by atoms with Gasteiger partial charge in [-0.3, -0.25) is 0 Å². The van der Waals surface area contributed by atoms with Gasteiger partial charge in [0, 0.05) is 19.7 Å². The molecule has 1 aromatic rings. The van der Waals surface area contributed by atoms with Crippen molar-refractivity contribution in [3.63, 3.8) is 0 Å². The Morgan fingerprint density at radius 3 is 2.39 bits per heavy atom. The van der Waals surface area contributed by atoms with Crippen LogP contribution in [0.4, 0.5) is 11.6 Å². The molecule has 0 radical (unpaired) electrons. The van der Waals surface area contributed by atoms with E-state index in [1.165, 1.54) is 0 Å². The Balaban J connectivity index is 2.56. The highest BCUT2D eigenvalue weighted by Crippen LogP contribution is 2.29. The van der Waals surface area contributed by atoms with Crippen molar-refractivity contribution >= 4 is 34.8 Å². The molecule has 0 aromatic carbocycles. The monoisotopic (exact) mass is 291 g/mol. The van der Waals surface area contributed by atoms with Gasteiger partial charge in [-0.15, -0.1) is 0 Å². The summed E-state index contributed by atoms with van der Waals surface area (Å²) in [6.07, 6.45) is 2.78. The molecule has 1 heterocycles. The molecule has 0 atom stereocenters. The summed E-state index contributed by atoms with van der Waals surface area (Å²) in [5, 5.41) is 16.0. The highest BCUT2D eigenvalue weighted by Gasteiger charge is 2.08. The fourth-order valence-corrected chi connectivity index (χ4v) is 1.99. The Bertz CT molecular complexity index is 375. The average Bonchev–Trinajstić information content (AvgIpc) is 2.34. The standard InChI is InChI=1S/C12H19Cl2N3O/c1-2-15-11-9(13)8-10(14)12(17-11)16-6-4-3-5-7-18/h8,18H,2-7H2,1H3,(H2,15,16,17). The number of halogens is 2. The third kappa shape index (κ3) is 4.88. The van der Waals surface area contributed by atoms with Gasteiger partial charge in [-0.2, -0.15) is 0 Å². The number of nitrogens with zero attached hydrogens (tertiary/aromatic N) is 1. The highest BCUT2D eigenvalue weighted by atomic mass is 35.5. The van der Waals surface area contributed by atoms with Gasteiger partial charge in [0.1, 0.15) is 11.6 Å². The molecule has 0 amide bonds. The van der Waals surface area contributed by atoms with Crippen LogP contribution in [0.3, 0.4) is 0 Å². The first-order valence-electron chi connectivity index (χ1n) is 6.13. The van der Waals surface area contributed by atoms with Crippen molar-refractivity contribution in [2.24, 2.45) is 0 Å². The smallest absolute Gasteiger partial charge is 0.147 e. The second-order valence-corrected chi connectivity index (χ2v) is 4.71. The zero-order valence-corrected chi connectivity index (χ0v) is 12.0. The topological polar surface area (TPSA) is 57.2 Å². The van der Waals surface area contributed by atoms with E-state index in [9.17, 15) is 0 Å². The minimum Gasteiger partial charge on any atom is -0.396 e. The van der Waals surface area contributed by atoms with Crippen LogP contribution in [0.15, 0.2) is 6.07 Å². The molecule has 102 valence electrons. The average molecular weight is 292 g/mol. The van der Waals surface area contributed by atoms with Gasteiger partial charge in [-0.25, -0.2) is 4.98 Å². The van der Waals surface area contributed by atoms with Crippen molar-refractivity contribution in [3.05, 3.63) is 16.1 Å². The molecular weight excluding hydrogens is 273 g/mol. The summed E-state index contributed by atoms with van der Waals surface area (Å²) in [4.78, 5) is 4.34. The molecule has 3 N–H and O–H groups in total. The Kier molecular flexibility index (Phi) is 7.16. The summed E-state index contributed by atoms with van der Waals surface area (Å²) in [6.45, 7) is 3.75. The molecule has 0 spiro atoms. The molecule has 1 aromatic heterocycles. The van der Waals surface area contributed by atoms with E-state index in [1.807, 2.05) is 6.92 Å². The summed E-state index contributed by atoms with van der Waals surface area (Å²) >= 11 is 12.1. The van der Waals surface area contributed by atoms with Crippen molar-refractivity contribution in [2.75, 3.05) is 30.3 Å². The number of nitrogens with one attached hydrogen (secondary N) is 2. The zero-order chi connectivity index (χ0) is 13.4. The van der Waals surface area contributed by atoms with E-state index in [0.29, 0.717) is 21.7 Å². The van der Waals surface area contributed by atoms with Crippen LogP contribution in [-0.2, 0) is 0 Å². The third-order valence-electron chi connectivity index (χ3n) is 2.40. The SMILES string of the molecule is CCNc1nc(NCCCCCO)c(Cl)cc1Cl. The van der Waals surface area contributed by atoms with Crippen LogP contribution >= 0.6 is 23.2 Å². The normalized spacial score (nSPS) is 10.4. The van der Waals surface area contributed by atoms with Crippen LogP contribution in [0, 0.1) is 0 Å². The van der Waals surface area contributed by atoms with Crippen molar-refractivity contribution < 1.29 is 5.11 Å². The van der Waals surface area contributed by atoms with E-state index >= 15 is 0 Å². The van der Waals surface area contributed by atoms with Crippen molar-refractivity contribution in [1.29, 1.82) is 0 Å². The lowest BCUT2D eigenvalue weighted by Gasteiger charge is -2.11. The number of hydrogen-bond donors (Lipinski definition) is 3. The lowest BCUT2D eigenvalue weighted by Crippen LogP contribution is -2.07. The molecule has 0 aliphatic carbocycles. The molecule has 0 saturated heterocycles. The summed E-state index contributed by atoms with van der Waals surface area (Å²) in [5.74, 6) is 1.28. The Labute approximate surface area is 118 Å². The van der Waals surface area contributed by atoms with E-state index < -0.39 is 0 Å². The van der Waals surface area contributed by atoms with Gasteiger partial charge in [-0.1, -0.05) is 23.2 Å². The number of aliphatic hydroxyl groups is 1. The van der Waals surface area contributed by atoms with Gasteiger partial charge < -0.3 is 15.7 Å². The van der Waals surface area contributed by atoms with Crippen molar-refractivity contribution in [2.45, 2.75) is 26.2 Å². The summed E-state index contributed by atoms with van der Waals surface area (Å²) in [7, 11) is 0. The minimum absolute atomic E-state index is 0.241. The van der Waals surface area contributed by atoms with E-state index in [1.54, 1.807) is 6.07 Å². The maximum absolute atomic E-state index is 8.68. The molecule has 0 bridgehead atoms. The van der Waals surface area contributed by atoms with Crippen LogP contribution in [0.1, 0.15) is 26.2 Å². The number of aliphatic hydroxyl groups excluding tert-OH is 1. The van der Waals surface area contributed by atoms with Crippen LogP contribution < -0.4 is 10.6 Å². The number of rotatable bonds is 8. The van der Waals surface area contributed by atoms with Gasteiger partial charge in [0.25, 0.3) is 0 Å². The van der Waals surface area contributed by atoms with E-state index in [0.717, 1.165) is 32.4 Å².